The van der Waals surface area contributed by atoms with Crippen LogP contribution < -0.4 is 5.32 Å². The average Bonchev–Trinajstić information content (AvgIpc) is 2.80. The second-order valence-electron chi connectivity index (χ2n) is 7.34. The highest BCUT2D eigenvalue weighted by atomic mass is 35.5. The summed E-state index contributed by atoms with van der Waals surface area (Å²) in [6.07, 6.45) is 1.36. The van der Waals surface area contributed by atoms with Gasteiger partial charge in [0.15, 0.2) is 6.10 Å². The summed E-state index contributed by atoms with van der Waals surface area (Å²) in [5, 5.41) is 11.4. The van der Waals surface area contributed by atoms with Crippen molar-refractivity contribution in [1.29, 1.82) is 5.26 Å². The third-order valence-electron chi connectivity index (χ3n) is 5.03. The lowest BCUT2D eigenvalue weighted by atomic mass is 10.2. The zero-order valence-electron chi connectivity index (χ0n) is 17.4. The molecule has 0 aromatic heterocycles. The number of anilines is 1. The Bertz CT molecular complexity index is 1150. The molecule has 1 heterocycles. The number of nitrogens with zero attached hydrogens (tertiary/aromatic N) is 2. The van der Waals surface area contributed by atoms with Crippen LogP contribution in [-0.2, 0) is 19.6 Å². The smallest absolute Gasteiger partial charge is 0.338 e. The molecule has 1 saturated heterocycles. The van der Waals surface area contributed by atoms with Crippen molar-refractivity contribution in [2.24, 2.45) is 0 Å². The number of hydrogen-bond acceptors (Lipinski definition) is 6. The van der Waals surface area contributed by atoms with Gasteiger partial charge in [0.2, 0.25) is 10.0 Å². The molecule has 10 heteroatoms. The maximum absolute atomic E-state index is 13.0. The molecule has 1 atom stereocenters. The summed E-state index contributed by atoms with van der Waals surface area (Å²) < 4.78 is 32.5. The van der Waals surface area contributed by atoms with E-state index in [-0.39, 0.29) is 15.5 Å². The number of carbonyl (C=O) groups excluding carboxylic acids is 2. The van der Waals surface area contributed by atoms with Crippen molar-refractivity contribution in [2.45, 2.75) is 37.2 Å². The second-order valence-corrected chi connectivity index (χ2v) is 9.65. The maximum Gasteiger partial charge on any atom is 0.338 e. The molecule has 168 valence electrons. The molecular formula is C22H22ClN3O5S. The molecule has 1 aliphatic rings. The summed E-state index contributed by atoms with van der Waals surface area (Å²) in [5.74, 6) is -1.42. The molecule has 1 unspecified atom stereocenters. The van der Waals surface area contributed by atoms with Crippen molar-refractivity contribution in [3.8, 4) is 6.07 Å². The zero-order chi connectivity index (χ0) is 23.3. The number of ether oxygens (including phenoxy) is 1. The van der Waals surface area contributed by atoms with E-state index in [0.717, 1.165) is 19.3 Å². The molecule has 3 rings (SSSR count). The van der Waals surface area contributed by atoms with E-state index >= 15 is 0 Å². The van der Waals surface area contributed by atoms with Crippen molar-refractivity contribution in [3.05, 3.63) is 58.6 Å². The van der Waals surface area contributed by atoms with Crippen LogP contribution in [0.1, 0.15) is 42.1 Å². The first kappa shape index (κ1) is 23.7. The van der Waals surface area contributed by atoms with Gasteiger partial charge in [-0.1, -0.05) is 18.0 Å². The summed E-state index contributed by atoms with van der Waals surface area (Å²) in [5.41, 5.74) is 0.863. The highest BCUT2D eigenvalue weighted by molar-refractivity contribution is 7.89. The molecular weight excluding hydrogens is 454 g/mol. The van der Waals surface area contributed by atoms with Crippen LogP contribution in [0.25, 0.3) is 0 Å². The fourth-order valence-electron chi connectivity index (χ4n) is 3.23. The monoisotopic (exact) mass is 475 g/mol. The predicted octanol–water partition coefficient (Wildman–Crippen LogP) is 3.57. The highest BCUT2D eigenvalue weighted by Gasteiger charge is 2.29. The van der Waals surface area contributed by atoms with Crippen molar-refractivity contribution >= 4 is 39.2 Å². The molecule has 1 aliphatic heterocycles. The Morgan fingerprint density at radius 3 is 2.41 bits per heavy atom. The fraction of sp³-hybridized carbons (Fsp3) is 0.318. The number of hydrogen-bond donors (Lipinski definition) is 1. The minimum absolute atomic E-state index is 0.0127. The van der Waals surface area contributed by atoms with Crippen LogP contribution in [0.15, 0.2) is 47.4 Å². The van der Waals surface area contributed by atoms with Crippen LogP contribution in [0.4, 0.5) is 5.69 Å². The Hall–Kier alpha value is -2.93. The van der Waals surface area contributed by atoms with E-state index in [0.29, 0.717) is 24.3 Å². The van der Waals surface area contributed by atoms with Crippen LogP contribution in [-0.4, -0.2) is 43.8 Å². The third kappa shape index (κ3) is 5.46. The van der Waals surface area contributed by atoms with E-state index in [9.17, 15) is 18.0 Å². The van der Waals surface area contributed by atoms with Crippen molar-refractivity contribution in [1.82, 2.24) is 4.31 Å². The maximum atomic E-state index is 13.0. The molecule has 1 N–H and O–H groups in total. The first-order valence-corrected chi connectivity index (χ1v) is 11.9. The van der Waals surface area contributed by atoms with E-state index in [4.69, 9.17) is 21.6 Å². The number of esters is 1. The van der Waals surface area contributed by atoms with Gasteiger partial charge in [0.05, 0.1) is 22.2 Å². The summed E-state index contributed by atoms with van der Waals surface area (Å²) in [4.78, 5) is 24.8. The summed E-state index contributed by atoms with van der Waals surface area (Å²) >= 11 is 6.13. The Morgan fingerprint density at radius 1 is 1.12 bits per heavy atom. The third-order valence-corrected chi connectivity index (χ3v) is 7.41. The van der Waals surface area contributed by atoms with Crippen LogP contribution in [0, 0.1) is 11.3 Å². The molecule has 2 aromatic rings. The molecule has 8 nitrogen and oxygen atoms in total. The molecule has 1 amide bonds. The SMILES string of the molecule is CC(OC(=O)c1ccc(Cl)c(S(=O)(=O)N2CCCCC2)c1)C(=O)Nc1ccc(C#N)cc1. The number of sulfonamides is 1. The van der Waals surface area contributed by atoms with Crippen LogP contribution >= 0.6 is 11.6 Å². The number of piperidine rings is 1. The number of nitriles is 1. The van der Waals surface area contributed by atoms with Gasteiger partial charge in [-0.15, -0.1) is 0 Å². The Balaban J connectivity index is 1.71. The minimum Gasteiger partial charge on any atom is -0.449 e. The van der Waals surface area contributed by atoms with E-state index in [1.165, 1.54) is 29.4 Å². The first-order valence-electron chi connectivity index (χ1n) is 10.0. The predicted molar refractivity (Wildman–Crippen MR) is 119 cm³/mol. The van der Waals surface area contributed by atoms with E-state index in [2.05, 4.69) is 5.32 Å². The lowest BCUT2D eigenvalue weighted by Gasteiger charge is -2.26. The van der Waals surface area contributed by atoms with Crippen molar-refractivity contribution in [3.63, 3.8) is 0 Å². The summed E-state index contributed by atoms with van der Waals surface area (Å²) in [6.45, 7) is 2.21. The van der Waals surface area contributed by atoms with Gasteiger partial charge in [-0.25, -0.2) is 13.2 Å². The van der Waals surface area contributed by atoms with Crippen LogP contribution in [0.5, 0.6) is 0 Å². The van der Waals surface area contributed by atoms with Gasteiger partial charge in [0.25, 0.3) is 5.91 Å². The van der Waals surface area contributed by atoms with Gasteiger partial charge in [-0.05, 0) is 62.2 Å². The molecule has 0 spiro atoms. The largest absolute Gasteiger partial charge is 0.449 e. The van der Waals surface area contributed by atoms with Gasteiger partial charge in [-0.3, -0.25) is 4.79 Å². The van der Waals surface area contributed by atoms with Crippen LogP contribution in [0.3, 0.4) is 0 Å². The normalized spacial score (nSPS) is 15.4. The quantitative estimate of drug-likeness (QED) is 0.638. The molecule has 0 aliphatic carbocycles. The number of rotatable bonds is 6. The fourth-order valence-corrected chi connectivity index (χ4v) is 5.24. The van der Waals surface area contributed by atoms with E-state index in [1.54, 1.807) is 24.3 Å². The van der Waals surface area contributed by atoms with Crippen molar-refractivity contribution < 1.29 is 22.7 Å². The number of amides is 1. The van der Waals surface area contributed by atoms with E-state index < -0.39 is 28.0 Å². The average molecular weight is 476 g/mol. The highest BCUT2D eigenvalue weighted by Crippen LogP contribution is 2.28. The standard InChI is InChI=1S/C22H22ClN3O5S/c1-15(21(27)25-18-8-5-16(14-24)6-9-18)31-22(28)17-7-10-19(23)20(13-17)32(29,30)26-11-3-2-4-12-26/h5-10,13,15H,2-4,11-12H2,1H3,(H,25,27). The van der Waals surface area contributed by atoms with Gasteiger partial charge < -0.3 is 10.1 Å². The van der Waals surface area contributed by atoms with Gasteiger partial charge in [-0.2, -0.15) is 9.57 Å². The minimum atomic E-state index is -3.85. The van der Waals surface area contributed by atoms with Crippen molar-refractivity contribution in [2.75, 3.05) is 18.4 Å². The number of halogens is 1. The van der Waals surface area contributed by atoms with Gasteiger partial charge >= 0.3 is 5.97 Å². The molecule has 0 saturated carbocycles. The Kier molecular flexibility index (Phi) is 7.51. The lowest BCUT2D eigenvalue weighted by molar-refractivity contribution is -0.123. The number of carbonyl (C=O) groups is 2. The number of benzene rings is 2. The van der Waals surface area contributed by atoms with Crippen LogP contribution in [0.2, 0.25) is 5.02 Å². The Labute approximate surface area is 191 Å². The van der Waals surface area contributed by atoms with Gasteiger partial charge in [0, 0.05) is 18.8 Å². The van der Waals surface area contributed by atoms with E-state index in [1.807, 2.05) is 6.07 Å². The Morgan fingerprint density at radius 2 is 1.78 bits per heavy atom. The molecule has 1 fully saturated rings. The molecule has 0 radical (unpaired) electrons. The topological polar surface area (TPSA) is 117 Å². The molecule has 32 heavy (non-hydrogen) atoms. The zero-order valence-corrected chi connectivity index (χ0v) is 18.9. The molecule has 0 bridgehead atoms. The number of nitrogens with one attached hydrogen (secondary N) is 1. The second kappa shape index (κ2) is 10.1. The van der Waals surface area contributed by atoms with Gasteiger partial charge in [0.1, 0.15) is 4.90 Å². The summed E-state index contributed by atoms with van der Waals surface area (Å²) in [7, 11) is -3.85. The molecule has 2 aromatic carbocycles. The first-order chi connectivity index (χ1) is 15.2. The lowest BCUT2D eigenvalue weighted by Crippen LogP contribution is -2.36. The summed E-state index contributed by atoms with van der Waals surface area (Å²) in [6, 6.07) is 12.0.